The molecular weight excluding hydrogens is 269 g/mol. The molecule has 1 aromatic carbocycles. The molecule has 0 aromatic heterocycles. The molecule has 0 heterocycles. The Kier molecular flexibility index (Phi) is 4.26. The molecule has 1 aromatic rings. The summed E-state index contributed by atoms with van der Waals surface area (Å²) >= 11 is 0. The van der Waals surface area contributed by atoms with E-state index < -0.39 is 15.6 Å². The Morgan fingerprint density at radius 1 is 1.11 bits per heavy atom. The van der Waals surface area contributed by atoms with E-state index in [1.54, 1.807) is 6.07 Å². The molecule has 0 atom stereocenters. The molecule has 0 aliphatic rings. The lowest BCUT2D eigenvalue weighted by Gasteiger charge is -2.12. The number of rotatable bonds is 4. The smallest absolute Gasteiger partial charge is 0.376 e. The number of hydrogen-bond acceptors (Lipinski definition) is 3. The summed E-state index contributed by atoms with van der Waals surface area (Å²) in [5, 5.41) is 0. The molecule has 0 aliphatic heterocycles. The minimum atomic E-state index is -5.60. The van der Waals surface area contributed by atoms with Crippen molar-refractivity contribution in [3.8, 4) is 5.75 Å². The fourth-order valence-corrected chi connectivity index (χ4v) is 1.95. The quantitative estimate of drug-likeness (QED) is 0.629. The molecule has 0 radical (unpaired) electrons. The Bertz CT molecular complexity index is 521. The first-order valence-electron chi connectivity index (χ1n) is 5.33. The van der Waals surface area contributed by atoms with Crippen molar-refractivity contribution in [2.45, 2.75) is 32.2 Å². The normalized spacial score (nSPS) is 12.5. The van der Waals surface area contributed by atoms with E-state index in [4.69, 9.17) is 0 Å². The van der Waals surface area contributed by atoms with Crippen LogP contribution >= 0.6 is 0 Å². The van der Waals surface area contributed by atoms with Gasteiger partial charge in [-0.3, -0.25) is 0 Å². The van der Waals surface area contributed by atoms with Crippen molar-refractivity contribution in [1.29, 1.82) is 0 Å². The van der Waals surface area contributed by atoms with Crippen molar-refractivity contribution in [3.63, 3.8) is 0 Å². The largest absolute Gasteiger partial charge is 0.534 e. The number of alkyl halides is 3. The lowest BCUT2D eigenvalue weighted by molar-refractivity contribution is -0.0500. The summed E-state index contributed by atoms with van der Waals surface area (Å²) in [5.74, 6) is -0.318. The average Bonchev–Trinajstić information content (AvgIpc) is 2.26. The van der Waals surface area contributed by atoms with Crippen LogP contribution in [0.5, 0.6) is 5.75 Å². The molecule has 7 heteroatoms. The van der Waals surface area contributed by atoms with Crippen LogP contribution in [0.3, 0.4) is 0 Å². The van der Waals surface area contributed by atoms with E-state index in [0.717, 1.165) is 17.5 Å². The first-order chi connectivity index (χ1) is 8.21. The summed E-state index contributed by atoms with van der Waals surface area (Å²) in [4.78, 5) is 0. The number of aryl methyl sites for hydroxylation is 2. The zero-order valence-electron chi connectivity index (χ0n) is 9.91. The molecule has 0 unspecified atom stereocenters. The van der Waals surface area contributed by atoms with Gasteiger partial charge in [0, 0.05) is 0 Å². The maximum absolute atomic E-state index is 12.1. The molecule has 0 spiro atoms. The summed E-state index contributed by atoms with van der Waals surface area (Å²) in [6.45, 7) is 3.73. The van der Waals surface area contributed by atoms with Gasteiger partial charge in [-0.1, -0.05) is 19.9 Å². The van der Waals surface area contributed by atoms with Gasteiger partial charge in [0.1, 0.15) is 5.75 Å². The lowest BCUT2D eigenvalue weighted by Crippen LogP contribution is -2.28. The van der Waals surface area contributed by atoms with E-state index in [9.17, 15) is 21.6 Å². The van der Waals surface area contributed by atoms with Gasteiger partial charge in [0.2, 0.25) is 0 Å². The lowest BCUT2D eigenvalue weighted by atomic mass is 10.0. The standard InChI is InChI=1S/C11H13F3O3S/c1-3-8-5-6-10(7-9(8)4-2)17-18(15,16)11(12,13)14/h5-7H,3-4H2,1-2H3. The van der Waals surface area contributed by atoms with Crippen molar-refractivity contribution in [2.75, 3.05) is 0 Å². The zero-order valence-corrected chi connectivity index (χ0v) is 10.7. The monoisotopic (exact) mass is 282 g/mol. The van der Waals surface area contributed by atoms with Crippen molar-refractivity contribution in [1.82, 2.24) is 0 Å². The van der Waals surface area contributed by atoms with Crippen LogP contribution < -0.4 is 4.18 Å². The highest BCUT2D eigenvalue weighted by molar-refractivity contribution is 7.87. The SMILES string of the molecule is CCc1ccc(OS(=O)(=O)C(F)(F)F)cc1CC. The predicted molar refractivity (Wildman–Crippen MR) is 60.8 cm³/mol. The molecule has 0 saturated heterocycles. The Hall–Kier alpha value is -1.24. The van der Waals surface area contributed by atoms with Crippen LogP contribution in [-0.4, -0.2) is 13.9 Å². The summed E-state index contributed by atoms with van der Waals surface area (Å²) < 4.78 is 62.1. The number of halogens is 3. The molecule has 0 saturated carbocycles. The van der Waals surface area contributed by atoms with Crippen molar-refractivity contribution in [2.24, 2.45) is 0 Å². The third kappa shape index (κ3) is 3.16. The van der Waals surface area contributed by atoms with Crippen LogP contribution in [0.25, 0.3) is 0 Å². The number of hydrogen-bond donors (Lipinski definition) is 0. The summed E-state index contributed by atoms with van der Waals surface area (Å²) in [6, 6.07) is 4.11. The van der Waals surface area contributed by atoms with Gasteiger partial charge in [-0.15, -0.1) is 0 Å². The molecule has 1 rings (SSSR count). The fraction of sp³-hybridized carbons (Fsp3) is 0.455. The van der Waals surface area contributed by atoms with E-state index in [1.807, 2.05) is 13.8 Å². The minimum absolute atomic E-state index is 0.318. The van der Waals surface area contributed by atoms with Gasteiger partial charge in [-0.25, -0.2) is 0 Å². The van der Waals surface area contributed by atoms with Gasteiger partial charge in [0.15, 0.2) is 0 Å². The minimum Gasteiger partial charge on any atom is -0.376 e. The fourth-order valence-electron chi connectivity index (χ4n) is 1.50. The maximum atomic E-state index is 12.1. The third-order valence-electron chi connectivity index (χ3n) is 2.43. The van der Waals surface area contributed by atoms with E-state index in [2.05, 4.69) is 4.18 Å². The van der Waals surface area contributed by atoms with E-state index in [0.29, 0.717) is 6.42 Å². The molecule has 18 heavy (non-hydrogen) atoms. The molecule has 3 nitrogen and oxygen atoms in total. The molecule has 0 bridgehead atoms. The summed E-state index contributed by atoms with van der Waals surface area (Å²) in [6.07, 6.45) is 1.31. The average molecular weight is 282 g/mol. The van der Waals surface area contributed by atoms with Gasteiger partial charge in [0.05, 0.1) is 0 Å². The van der Waals surface area contributed by atoms with Crippen LogP contribution in [0.15, 0.2) is 18.2 Å². The van der Waals surface area contributed by atoms with Gasteiger partial charge in [0.25, 0.3) is 0 Å². The highest BCUT2D eigenvalue weighted by Gasteiger charge is 2.48. The first-order valence-corrected chi connectivity index (χ1v) is 6.74. The predicted octanol–water partition coefficient (Wildman–Crippen LogP) is 3.04. The number of benzene rings is 1. The van der Waals surface area contributed by atoms with Crippen molar-refractivity contribution < 1.29 is 25.8 Å². The molecular formula is C11H13F3O3S. The maximum Gasteiger partial charge on any atom is 0.534 e. The van der Waals surface area contributed by atoms with Gasteiger partial charge in [-0.2, -0.15) is 21.6 Å². The molecule has 0 aliphatic carbocycles. The molecule has 0 amide bonds. The van der Waals surface area contributed by atoms with Gasteiger partial charge < -0.3 is 4.18 Å². The Morgan fingerprint density at radius 2 is 1.67 bits per heavy atom. The van der Waals surface area contributed by atoms with Crippen LogP contribution in [0, 0.1) is 0 Å². The van der Waals surface area contributed by atoms with E-state index in [1.165, 1.54) is 12.1 Å². The second kappa shape index (κ2) is 5.17. The molecule has 0 N–H and O–H groups in total. The Morgan fingerprint density at radius 3 is 2.11 bits per heavy atom. The van der Waals surface area contributed by atoms with Crippen LogP contribution in [0.2, 0.25) is 0 Å². The zero-order chi connectivity index (χ0) is 14.0. The third-order valence-corrected chi connectivity index (χ3v) is 3.41. The van der Waals surface area contributed by atoms with E-state index >= 15 is 0 Å². The van der Waals surface area contributed by atoms with Crippen molar-refractivity contribution >= 4 is 10.1 Å². The second-order valence-corrected chi connectivity index (χ2v) is 5.16. The van der Waals surface area contributed by atoms with Gasteiger partial charge in [-0.05, 0) is 36.1 Å². The van der Waals surface area contributed by atoms with Crippen LogP contribution in [0.4, 0.5) is 13.2 Å². The van der Waals surface area contributed by atoms with Crippen LogP contribution in [-0.2, 0) is 23.0 Å². The van der Waals surface area contributed by atoms with Gasteiger partial charge >= 0.3 is 15.6 Å². The van der Waals surface area contributed by atoms with Crippen molar-refractivity contribution in [3.05, 3.63) is 29.3 Å². The summed E-state index contributed by atoms with van der Waals surface area (Å²) in [5.41, 5.74) is -3.69. The van der Waals surface area contributed by atoms with E-state index in [-0.39, 0.29) is 5.75 Å². The van der Waals surface area contributed by atoms with Crippen LogP contribution in [0.1, 0.15) is 25.0 Å². The highest BCUT2D eigenvalue weighted by atomic mass is 32.2. The Balaban J connectivity index is 3.07. The topological polar surface area (TPSA) is 43.4 Å². The first kappa shape index (κ1) is 14.8. The second-order valence-electron chi connectivity index (χ2n) is 3.62. The highest BCUT2D eigenvalue weighted by Crippen LogP contribution is 2.28. The Labute approximate surface area is 104 Å². The molecule has 0 fully saturated rings. The summed E-state index contributed by atoms with van der Waals surface area (Å²) in [7, 11) is -5.60. The molecule has 102 valence electrons.